The number of nitrogens with zero attached hydrogens (tertiary/aromatic N) is 5. The van der Waals surface area contributed by atoms with Gasteiger partial charge in [0, 0.05) is 48.8 Å². The summed E-state index contributed by atoms with van der Waals surface area (Å²) in [6.45, 7) is 0. The summed E-state index contributed by atoms with van der Waals surface area (Å²) in [5, 5.41) is 7.03. The number of benzene rings is 5. The van der Waals surface area contributed by atoms with Crippen LogP contribution in [0.25, 0.3) is 90.4 Å². The van der Waals surface area contributed by atoms with Gasteiger partial charge in [0.05, 0.1) is 41.9 Å². The fourth-order valence-electron chi connectivity index (χ4n) is 6.60. The molecule has 7 heteroatoms. The summed E-state index contributed by atoms with van der Waals surface area (Å²) in [5.41, 5.74) is 6.09. The molecule has 10 aromatic rings. The Labute approximate surface area is 252 Å². The molecule has 0 aliphatic carbocycles. The van der Waals surface area contributed by atoms with Crippen LogP contribution < -0.4 is 0 Å². The monoisotopic (exact) mass is 585 g/mol. The van der Waals surface area contributed by atoms with Gasteiger partial charge in [-0.05, 0) is 18.2 Å². The van der Waals surface area contributed by atoms with Crippen LogP contribution in [0.1, 0.15) is 0 Å². The van der Waals surface area contributed by atoms with E-state index >= 15 is 0 Å². The molecule has 5 aromatic carbocycles. The average molecular weight is 586 g/mol. The molecule has 200 valence electrons. The van der Waals surface area contributed by atoms with E-state index in [4.69, 9.17) is 15.0 Å². The maximum Gasteiger partial charge on any atom is 0.235 e. The van der Waals surface area contributed by atoms with Crippen molar-refractivity contribution in [2.75, 3.05) is 0 Å². The van der Waals surface area contributed by atoms with Gasteiger partial charge in [0.2, 0.25) is 5.95 Å². The van der Waals surface area contributed by atoms with Crippen LogP contribution in [-0.2, 0) is 0 Å². The largest absolute Gasteiger partial charge is 0.277 e. The van der Waals surface area contributed by atoms with Gasteiger partial charge in [0.25, 0.3) is 0 Å². The van der Waals surface area contributed by atoms with Crippen molar-refractivity contribution in [3.63, 3.8) is 0 Å². The molecule has 0 radical (unpaired) electrons. The average Bonchev–Trinajstić information content (AvgIpc) is 3.74. The van der Waals surface area contributed by atoms with E-state index in [0.29, 0.717) is 5.95 Å². The lowest BCUT2D eigenvalue weighted by molar-refractivity contribution is 1.02. The van der Waals surface area contributed by atoms with Crippen molar-refractivity contribution in [2.45, 2.75) is 0 Å². The molecular weight excluding hydrogens is 567 g/mol. The van der Waals surface area contributed by atoms with Crippen LogP contribution >= 0.6 is 22.7 Å². The van der Waals surface area contributed by atoms with Crippen molar-refractivity contribution in [1.82, 2.24) is 24.5 Å². The molecule has 5 nitrogen and oxygen atoms in total. The molecule has 0 unspecified atom stereocenters. The number of aromatic nitrogens is 5. The molecule has 0 atom stereocenters. The van der Waals surface area contributed by atoms with Crippen molar-refractivity contribution < 1.29 is 0 Å². The van der Waals surface area contributed by atoms with E-state index in [2.05, 4.69) is 101 Å². The summed E-state index contributed by atoms with van der Waals surface area (Å²) in [6, 6.07) is 36.0. The van der Waals surface area contributed by atoms with E-state index in [-0.39, 0.29) is 0 Å². The van der Waals surface area contributed by atoms with Crippen LogP contribution in [0.15, 0.2) is 116 Å². The summed E-state index contributed by atoms with van der Waals surface area (Å²) in [7, 11) is 0. The zero-order chi connectivity index (χ0) is 28.1. The topological polar surface area (TPSA) is 56.5 Å². The first-order valence-corrected chi connectivity index (χ1v) is 15.7. The summed E-state index contributed by atoms with van der Waals surface area (Å²) in [4.78, 5) is 19.8. The molecule has 0 aliphatic rings. The molecule has 0 saturated carbocycles. The smallest absolute Gasteiger partial charge is 0.235 e. The lowest BCUT2D eigenvalue weighted by Crippen LogP contribution is -2.03. The third-order valence-electron chi connectivity index (χ3n) is 8.36. The molecule has 43 heavy (non-hydrogen) atoms. The molecular formula is C36H19N5S2. The minimum absolute atomic E-state index is 0.661. The van der Waals surface area contributed by atoms with Gasteiger partial charge in [-0.25, -0.2) is 19.9 Å². The molecule has 5 aromatic heterocycles. The predicted molar refractivity (Wildman–Crippen MR) is 181 cm³/mol. The first-order valence-electron chi connectivity index (χ1n) is 14.1. The van der Waals surface area contributed by atoms with Crippen molar-refractivity contribution in [3.05, 3.63) is 116 Å². The van der Waals surface area contributed by atoms with Crippen molar-refractivity contribution in [2.24, 2.45) is 0 Å². The van der Waals surface area contributed by atoms with Crippen LogP contribution in [0.2, 0.25) is 0 Å². The Morgan fingerprint density at radius 1 is 0.581 bits per heavy atom. The van der Waals surface area contributed by atoms with E-state index < -0.39 is 0 Å². The maximum absolute atomic E-state index is 5.35. The highest BCUT2D eigenvalue weighted by Crippen LogP contribution is 2.51. The van der Waals surface area contributed by atoms with Crippen LogP contribution in [0.4, 0.5) is 0 Å². The first kappa shape index (κ1) is 23.3. The summed E-state index contributed by atoms with van der Waals surface area (Å²) in [6.07, 6.45) is 3.60. The van der Waals surface area contributed by atoms with Crippen LogP contribution in [0.3, 0.4) is 0 Å². The van der Waals surface area contributed by atoms with E-state index in [0.717, 1.165) is 48.8 Å². The second kappa shape index (κ2) is 8.64. The van der Waals surface area contributed by atoms with Gasteiger partial charge in [-0.1, -0.05) is 84.9 Å². The van der Waals surface area contributed by atoms with Gasteiger partial charge in [0.15, 0.2) is 0 Å². The Balaban J connectivity index is 1.49. The van der Waals surface area contributed by atoms with Gasteiger partial charge in [-0.3, -0.25) is 4.57 Å². The normalized spacial score (nSPS) is 12.2. The van der Waals surface area contributed by atoms with E-state index in [1.807, 2.05) is 29.7 Å². The van der Waals surface area contributed by atoms with Crippen molar-refractivity contribution in [1.29, 1.82) is 0 Å². The molecule has 0 fully saturated rings. The molecule has 10 rings (SSSR count). The second-order valence-corrected chi connectivity index (χ2v) is 12.8. The van der Waals surface area contributed by atoms with E-state index in [1.165, 1.54) is 35.6 Å². The predicted octanol–water partition coefficient (Wildman–Crippen LogP) is 9.92. The number of hydrogen-bond acceptors (Lipinski definition) is 6. The molecule has 0 spiro atoms. The minimum atomic E-state index is 0.661. The van der Waals surface area contributed by atoms with E-state index in [1.54, 1.807) is 17.7 Å². The fraction of sp³-hybridized carbons (Fsp3) is 0. The van der Waals surface area contributed by atoms with Crippen molar-refractivity contribution in [3.8, 4) is 17.2 Å². The Bertz CT molecular complexity index is 2740. The number of hydrogen-bond donors (Lipinski definition) is 0. The van der Waals surface area contributed by atoms with Gasteiger partial charge in [0.1, 0.15) is 6.33 Å². The van der Waals surface area contributed by atoms with Gasteiger partial charge in [-0.2, -0.15) is 0 Å². The lowest BCUT2D eigenvalue weighted by Gasteiger charge is -2.12. The lowest BCUT2D eigenvalue weighted by atomic mass is 10.0. The van der Waals surface area contributed by atoms with Crippen molar-refractivity contribution >= 4 is 95.9 Å². The zero-order valence-electron chi connectivity index (χ0n) is 22.5. The van der Waals surface area contributed by atoms with Crippen LogP contribution in [-0.4, -0.2) is 24.5 Å². The third kappa shape index (κ3) is 3.15. The number of rotatable bonds is 2. The SMILES string of the molecule is c1ccc(-c2nc(-n3c4ccccc4c4c5c6ncncc6sc5c5sc6ccccc6c5c43)nc3ccccc23)cc1. The summed E-state index contributed by atoms with van der Waals surface area (Å²) in [5.74, 6) is 0.661. The van der Waals surface area contributed by atoms with Crippen LogP contribution in [0.5, 0.6) is 0 Å². The second-order valence-electron chi connectivity index (χ2n) is 10.7. The number of fused-ring (bicyclic) bond motifs is 13. The van der Waals surface area contributed by atoms with Gasteiger partial charge >= 0.3 is 0 Å². The van der Waals surface area contributed by atoms with E-state index in [9.17, 15) is 0 Å². The molecule has 0 saturated heterocycles. The Hall–Kier alpha value is -5.24. The van der Waals surface area contributed by atoms with Gasteiger partial charge < -0.3 is 0 Å². The highest BCUT2D eigenvalue weighted by Gasteiger charge is 2.26. The zero-order valence-corrected chi connectivity index (χ0v) is 24.2. The van der Waals surface area contributed by atoms with Crippen LogP contribution in [0, 0.1) is 0 Å². The first-order chi connectivity index (χ1) is 21.3. The Kier molecular flexibility index (Phi) is 4.69. The molecule has 0 amide bonds. The number of thiophene rings is 2. The molecule has 5 heterocycles. The summed E-state index contributed by atoms with van der Waals surface area (Å²) >= 11 is 3.63. The molecule has 0 N–H and O–H groups in total. The molecule has 0 bridgehead atoms. The quantitative estimate of drug-likeness (QED) is 0.203. The standard InChI is InChI=1S/C36H19N5S2/c1-2-10-20(11-3-1)31-21-12-4-7-15-24(21)39-36(40-31)41-25-16-8-5-13-22(25)28-30-32-27(18-37-19-38-32)43-35(30)34-29(33(28)41)23-14-6-9-17-26(23)42-34/h1-19H. The summed E-state index contributed by atoms with van der Waals surface area (Å²) < 4.78 is 7.16. The maximum atomic E-state index is 5.35. The minimum Gasteiger partial charge on any atom is -0.277 e. The highest BCUT2D eigenvalue weighted by atomic mass is 32.1. The van der Waals surface area contributed by atoms with Gasteiger partial charge in [-0.15, -0.1) is 22.7 Å². The third-order valence-corrected chi connectivity index (χ3v) is 10.8. The Morgan fingerprint density at radius 2 is 1.30 bits per heavy atom. The highest BCUT2D eigenvalue weighted by molar-refractivity contribution is 7.33. The molecule has 0 aliphatic heterocycles. The number of para-hydroxylation sites is 2. The Morgan fingerprint density at radius 3 is 2.21 bits per heavy atom. The fourth-order valence-corrected chi connectivity index (χ4v) is 9.08.